The van der Waals surface area contributed by atoms with Crippen molar-refractivity contribution >= 4 is 23.4 Å². The number of aryl methyl sites for hydroxylation is 1. The van der Waals surface area contributed by atoms with E-state index in [-0.39, 0.29) is 34.6 Å². The molecule has 1 aliphatic carbocycles. The summed E-state index contributed by atoms with van der Waals surface area (Å²) in [5.41, 5.74) is 2.02. The molecule has 3 fully saturated rings. The number of aromatic nitrogens is 2. The number of carbonyl (C=O) groups excluding carboxylic acids is 1. The lowest BCUT2D eigenvalue weighted by molar-refractivity contribution is -0.164. The van der Waals surface area contributed by atoms with E-state index in [0.717, 1.165) is 70.2 Å². The Labute approximate surface area is 300 Å². The molecule has 0 unspecified atom stereocenters. The highest BCUT2D eigenvalue weighted by Gasteiger charge is 2.64. The third-order valence-electron chi connectivity index (χ3n) is 11.1. The number of piperazine rings is 1. The lowest BCUT2D eigenvalue weighted by atomic mass is 9.49. The van der Waals surface area contributed by atoms with E-state index >= 15 is 0 Å². The van der Waals surface area contributed by atoms with Gasteiger partial charge in [-0.3, -0.25) is 9.69 Å². The fourth-order valence-electron chi connectivity index (χ4n) is 8.54. The molecular weight excluding hydrogens is 646 g/mol. The molecule has 2 aliphatic heterocycles. The van der Waals surface area contributed by atoms with Crippen LogP contribution >= 0.6 is 0 Å². The summed E-state index contributed by atoms with van der Waals surface area (Å²) < 4.78 is 11.8. The SMILES string of the molecule is COc1cc(OC2C(C)(C)C(NC(=O)c3ccc(N4CCC(CN5CCN(c6cnc(C(=O)O)c(C)n6)CC5)CC4)cc3)C2(C)C)ccc1C#N. The smallest absolute Gasteiger partial charge is 0.356 e. The molecule has 51 heavy (non-hydrogen) atoms. The average molecular weight is 696 g/mol. The lowest BCUT2D eigenvalue weighted by Gasteiger charge is -2.63. The Morgan fingerprint density at radius 3 is 2.24 bits per heavy atom. The van der Waals surface area contributed by atoms with E-state index in [1.807, 2.05) is 12.1 Å². The molecule has 0 spiro atoms. The van der Waals surface area contributed by atoms with Crippen molar-refractivity contribution < 1.29 is 24.2 Å². The van der Waals surface area contributed by atoms with E-state index in [1.54, 1.807) is 31.3 Å². The van der Waals surface area contributed by atoms with Crippen molar-refractivity contribution in [3.63, 3.8) is 0 Å². The van der Waals surface area contributed by atoms with E-state index in [9.17, 15) is 20.0 Å². The second-order valence-corrected chi connectivity index (χ2v) is 15.3. The van der Waals surface area contributed by atoms with Gasteiger partial charge in [0, 0.05) is 80.0 Å². The van der Waals surface area contributed by atoms with Crippen molar-refractivity contribution in [2.45, 2.75) is 59.6 Å². The molecule has 2 aromatic carbocycles. The molecule has 12 nitrogen and oxygen atoms in total. The predicted octanol–water partition coefficient (Wildman–Crippen LogP) is 5.01. The summed E-state index contributed by atoms with van der Waals surface area (Å²) in [6.45, 7) is 16.8. The first kappa shape index (κ1) is 35.9. The maximum absolute atomic E-state index is 13.5. The van der Waals surface area contributed by atoms with Crippen LogP contribution in [-0.2, 0) is 0 Å². The Kier molecular flexibility index (Phi) is 10.1. The first-order chi connectivity index (χ1) is 24.3. The number of nitriles is 1. The number of piperidine rings is 1. The van der Waals surface area contributed by atoms with Gasteiger partial charge in [-0.1, -0.05) is 27.7 Å². The Balaban J connectivity index is 0.964. The summed E-state index contributed by atoms with van der Waals surface area (Å²) in [6, 6.07) is 15.2. The van der Waals surface area contributed by atoms with Crippen molar-refractivity contribution in [2.75, 3.05) is 62.7 Å². The minimum absolute atomic E-state index is 0.00687. The highest BCUT2D eigenvalue weighted by atomic mass is 16.5. The molecule has 0 bridgehead atoms. The predicted molar refractivity (Wildman–Crippen MR) is 195 cm³/mol. The Morgan fingerprint density at radius 2 is 1.65 bits per heavy atom. The Bertz CT molecular complexity index is 1770. The van der Waals surface area contributed by atoms with Crippen molar-refractivity contribution in [1.82, 2.24) is 20.2 Å². The number of rotatable bonds is 10. The van der Waals surface area contributed by atoms with E-state index in [2.05, 4.69) is 75.9 Å². The van der Waals surface area contributed by atoms with Crippen LogP contribution in [0.3, 0.4) is 0 Å². The van der Waals surface area contributed by atoms with Gasteiger partial charge in [-0.25, -0.2) is 14.8 Å². The monoisotopic (exact) mass is 695 g/mol. The van der Waals surface area contributed by atoms with Crippen molar-refractivity contribution in [3.8, 4) is 17.6 Å². The highest BCUT2D eigenvalue weighted by molar-refractivity contribution is 5.95. The van der Waals surface area contributed by atoms with Gasteiger partial charge in [-0.05, 0) is 62.1 Å². The van der Waals surface area contributed by atoms with Crippen molar-refractivity contribution in [2.24, 2.45) is 16.7 Å². The average Bonchev–Trinajstić information content (AvgIpc) is 3.13. The van der Waals surface area contributed by atoms with Gasteiger partial charge < -0.3 is 29.7 Å². The molecule has 0 radical (unpaired) electrons. The van der Waals surface area contributed by atoms with E-state index < -0.39 is 5.97 Å². The highest BCUT2D eigenvalue weighted by Crippen LogP contribution is 2.55. The zero-order chi connectivity index (χ0) is 36.5. The molecule has 270 valence electrons. The fraction of sp³-hybridized carbons (Fsp3) is 0.513. The van der Waals surface area contributed by atoms with Crippen LogP contribution in [0.5, 0.6) is 11.5 Å². The number of benzene rings is 2. The van der Waals surface area contributed by atoms with E-state index in [4.69, 9.17) is 9.47 Å². The van der Waals surface area contributed by atoms with Crippen LogP contribution in [0.25, 0.3) is 0 Å². The molecule has 3 heterocycles. The van der Waals surface area contributed by atoms with Crippen LogP contribution < -0.4 is 24.6 Å². The molecule has 3 aliphatic rings. The van der Waals surface area contributed by atoms with Gasteiger partial charge >= 0.3 is 5.97 Å². The molecule has 3 aromatic rings. The summed E-state index contributed by atoms with van der Waals surface area (Å²) in [4.78, 5) is 40.5. The van der Waals surface area contributed by atoms with Crippen LogP contribution in [0.2, 0.25) is 0 Å². The first-order valence-corrected chi connectivity index (χ1v) is 17.8. The Hall–Kier alpha value is -4.89. The second-order valence-electron chi connectivity index (χ2n) is 15.3. The molecule has 2 N–H and O–H groups in total. The van der Waals surface area contributed by atoms with E-state index in [0.29, 0.717) is 34.2 Å². The number of aromatic carboxylic acids is 1. The molecule has 1 aromatic heterocycles. The van der Waals surface area contributed by atoms with Crippen LogP contribution in [0.4, 0.5) is 11.5 Å². The van der Waals surface area contributed by atoms with E-state index in [1.165, 1.54) is 7.11 Å². The number of hydrogen-bond acceptors (Lipinski definition) is 10. The van der Waals surface area contributed by atoms with Crippen LogP contribution in [0, 0.1) is 35.0 Å². The standard InChI is InChI=1S/C39H49N7O5/c1-25-33(35(48)49)41-23-32(42-25)46-19-17-44(18-20-46)24-26-13-15-45(16-14-26)29-10-7-27(8-11-29)34(47)43-36-38(2,3)37(39(36,4)5)51-30-12-9-28(22-40)31(21-30)50-6/h7-12,21,23,26,36-37H,13-20,24H2,1-6H3,(H,43,47)(H,48,49). The maximum atomic E-state index is 13.5. The van der Waals surface area contributed by atoms with Crippen LogP contribution in [0.15, 0.2) is 48.7 Å². The number of nitrogens with zero attached hydrogens (tertiary/aromatic N) is 6. The minimum atomic E-state index is -1.05. The number of methoxy groups -OCH3 is 1. The number of hydrogen-bond donors (Lipinski definition) is 2. The van der Waals surface area contributed by atoms with Gasteiger partial charge in [0.15, 0.2) is 5.69 Å². The first-order valence-electron chi connectivity index (χ1n) is 17.8. The number of ether oxygens (including phenoxy) is 2. The number of anilines is 2. The molecule has 0 atom stereocenters. The molecular formula is C39H49N7O5. The topological polar surface area (TPSA) is 144 Å². The zero-order valence-corrected chi connectivity index (χ0v) is 30.5. The van der Waals surface area contributed by atoms with Crippen LogP contribution in [-0.4, -0.2) is 96.9 Å². The van der Waals surface area contributed by atoms with Gasteiger partial charge in [-0.2, -0.15) is 5.26 Å². The number of carboxylic acid groups (broad SMARTS) is 1. The Morgan fingerprint density at radius 1 is 0.980 bits per heavy atom. The van der Waals surface area contributed by atoms with Crippen molar-refractivity contribution in [1.29, 1.82) is 5.26 Å². The third kappa shape index (κ3) is 7.31. The molecule has 2 saturated heterocycles. The van der Waals surface area contributed by atoms with Gasteiger partial charge in [-0.15, -0.1) is 0 Å². The van der Waals surface area contributed by atoms with Gasteiger partial charge in [0.2, 0.25) is 0 Å². The number of carbonyl (C=O) groups is 2. The normalized spacial score (nSPS) is 21.7. The van der Waals surface area contributed by atoms with Crippen LogP contribution in [0.1, 0.15) is 72.6 Å². The van der Waals surface area contributed by atoms with Gasteiger partial charge in [0.05, 0.1) is 24.6 Å². The number of amides is 1. The second kappa shape index (κ2) is 14.4. The largest absolute Gasteiger partial charge is 0.495 e. The molecule has 1 saturated carbocycles. The van der Waals surface area contributed by atoms with Crippen molar-refractivity contribution in [3.05, 3.63) is 71.2 Å². The molecule has 12 heteroatoms. The minimum Gasteiger partial charge on any atom is -0.495 e. The summed E-state index contributed by atoms with van der Waals surface area (Å²) in [5, 5.41) is 21.9. The third-order valence-corrected chi connectivity index (χ3v) is 11.1. The summed E-state index contributed by atoms with van der Waals surface area (Å²) >= 11 is 0. The number of nitrogens with one attached hydrogen (secondary N) is 1. The zero-order valence-electron chi connectivity index (χ0n) is 30.5. The quantitative estimate of drug-likeness (QED) is 0.295. The summed E-state index contributed by atoms with van der Waals surface area (Å²) in [6.07, 6.45) is 3.65. The lowest BCUT2D eigenvalue weighted by Crippen LogP contribution is -2.74. The summed E-state index contributed by atoms with van der Waals surface area (Å²) in [5.74, 6) is 1.34. The maximum Gasteiger partial charge on any atom is 0.356 e. The molecule has 6 rings (SSSR count). The molecule has 1 amide bonds. The summed E-state index contributed by atoms with van der Waals surface area (Å²) in [7, 11) is 1.54. The van der Waals surface area contributed by atoms with Gasteiger partial charge in [0.1, 0.15) is 29.5 Å². The fourth-order valence-corrected chi connectivity index (χ4v) is 8.54. The van der Waals surface area contributed by atoms with Gasteiger partial charge in [0.25, 0.3) is 5.91 Å². The number of carboxylic acids is 1.